The highest BCUT2D eigenvalue weighted by molar-refractivity contribution is 9.10. The van der Waals surface area contributed by atoms with Gasteiger partial charge in [0, 0.05) is 21.5 Å². The van der Waals surface area contributed by atoms with Crippen molar-refractivity contribution in [3.8, 4) is 5.75 Å². The van der Waals surface area contributed by atoms with E-state index in [1.54, 1.807) is 26.0 Å². The van der Waals surface area contributed by atoms with Crippen LogP contribution in [0, 0.1) is 20.8 Å². The number of carbonyl (C=O) groups is 1. The van der Waals surface area contributed by atoms with Gasteiger partial charge in [0.25, 0.3) is 15.9 Å². The molecule has 0 radical (unpaired) electrons. The molecule has 3 rings (SSSR count). The molecule has 9 nitrogen and oxygen atoms in total. The van der Waals surface area contributed by atoms with Crippen molar-refractivity contribution in [3.05, 3.63) is 69.5 Å². The van der Waals surface area contributed by atoms with Crippen molar-refractivity contribution < 1.29 is 17.9 Å². The maximum absolute atomic E-state index is 12.7. The number of amides is 1. The van der Waals surface area contributed by atoms with Crippen LogP contribution >= 0.6 is 28.1 Å². The van der Waals surface area contributed by atoms with Crippen LogP contribution in [-0.4, -0.2) is 36.5 Å². The van der Waals surface area contributed by atoms with Gasteiger partial charge < -0.3 is 10.1 Å². The highest BCUT2D eigenvalue weighted by Gasteiger charge is 2.18. The Morgan fingerprint density at radius 3 is 2.24 bits per heavy atom. The fourth-order valence-electron chi connectivity index (χ4n) is 3.17. The predicted octanol–water partition coefficient (Wildman–Crippen LogP) is 4.10. The lowest BCUT2D eigenvalue weighted by atomic mass is 10.1. The minimum atomic E-state index is -3.89. The number of ether oxygens (including phenoxy) is 1. The first kappa shape index (κ1) is 25.5. The molecule has 3 N–H and O–H groups in total. The summed E-state index contributed by atoms with van der Waals surface area (Å²) in [7, 11) is -2.40. The van der Waals surface area contributed by atoms with Crippen LogP contribution in [0.4, 0.5) is 11.6 Å². The predicted molar refractivity (Wildman–Crippen MR) is 138 cm³/mol. The second kappa shape index (κ2) is 10.5. The fraction of sp³-hybridized carbons (Fsp3) is 0.182. The Kier molecular flexibility index (Phi) is 7.85. The SMILES string of the molecule is COc1c(C)cc(Br)cc1C(=O)NC(=S)Nc1ccc(S(=O)(=O)Nc2nc(C)cc(C)n2)cc1. The van der Waals surface area contributed by atoms with Gasteiger partial charge in [-0.05, 0) is 81.0 Å². The molecule has 0 bridgehead atoms. The average Bonchev–Trinajstić information content (AvgIpc) is 2.72. The first-order valence-corrected chi connectivity index (χ1v) is 12.6. The molecule has 0 saturated carbocycles. The van der Waals surface area contributed by atoms with Gasteiger partial charge in [-0.15, -0.1) is 0 Å². The number of thiocarbonyl (C=S) groups is 1. The molecule has 1 aromatic heterocycles. The van der Waals surface area contributed by atoms with Gasteiger partial charge in [0.2, 0.25) is 5.95 Å². The second-order valence-electron chi connectivity index (χ2n) is 7.32. The third kappa shape index (κ3) is 6.27. The van der Waals surface area contributed by atoms with Crippen LogP contribution in [0.3, 0.4) is 0 Å². The molecule has 34 heavy (non-hydrogen) atoms. The maximum atomic E-state index is 12.7. The van der Waals surface area contributed by atoms with Crippen LogP contribution < -0.4 is 20.1 Å². The fourth-order valence-corrected chi connectivity index (χ4v) is 4.90. The lowest BCUT2D eigenvalue weighted by molar-refractivity contribution is 0.0974. The van der Waals surface area contributed by atoms with Crippen molar-refractivity contribution in [1.82, 2.24) is 15.3 Å². The van der Waals surface area contributed by atoms with E-state index in [0.717, 1.165) is 10.0 Å². The van der Waals surface area contributed by atoms with E-state index in [4.69, 9.17) is 17.0 Å². The zero-order valence-corrected chi connectivity index (χ0v) is 22.0. The Balaban J connectivity index is 1.68. The number of nitrogens with one attached hydrogen (secondary N) is 3. The van der Waals surface area contributed by atoms with Crippen LogP contribution in [-0.2, 0) is 10.0 Å². The van der Waals surface area contributed by atoms with E-state index in [1.165, 1.54) is 31.4 Å². The molecule has 0 spiro atoms. The van der Waals surface area contributed by atoms with E-state index >= 15 is 0 Å². The topological polar surface area (TPSA) is 122 Å². The zero-order chi connectivity index (χ0) is 25.0. The van der Waals surface area contributed by atoms with Crippen molar-refractivity contribution in [2.45, 2.75) is 25.7 Å². The van der Waals surface area contributed by atoms with Crippen molar-refractivity contribution in [1.29, 1.82) is 0 Å². The molecule has 0 saturated heterocycles. The lowest BCUT2D eigenvalue weighted by Crippen LogP contribution is -2.34. The Bertz CT molecular complexity index is 1340. The third-order valence-electron chi connectivity index (χ3n) is 4.55. The van der Waals surface area contributed by atoms with Gasteiger partial charge in [0.15, 0.2) is 5.11 Å². The molecule has 0 aliphatic heterocycles. The molecule has 0 fully saturated rings. The van der Waals surface area contributed by atoms with E-state index in [9.17, 15) is 13.2 Å². The van der Waals surface area contributed by atoms with Gasteiger partial charge in [-0.1, -0.05) is 15.9 Å². The largest absolute Gasteiger partial charge is 0.496 e. The Hall–Kier alpha value is -3.09. The van der Waals surface area contributed by atoms with Crippen molar-refractivity contribution in [3.63, 3.8) is 0 Å². The number of aromatic nitrogens is 2. The van der Waals surface area contributed by atoms with Crippen LogP contribution in [0.25, 0.3) is 0 Å². The molecule has 1 amide bonds. The molecule has 2 aromatic carbocycles. The number of anilines is 2. The van der Waals surface area contributed by atoms with Crippen LogP contribution in [0.15, 0.2) is 51.8 Å². The molecule has 178 valence electrons. The summed E-state index contributed by atoms with van der Waals surface area (Å²) >= 11 is 8.60. The highest BCUT2D eigenvalue weighted by Crippen LogP contribution is 2.27. The second-order valence-corrected chi connectivity index (χ2v) is 10.3. The number of aryl methyl sites for hydroxylation is 3. The van der Waals surface area contributed by atoms with Crippen molar-refractivity contribution >= 4 is 60.8 Å². The van der Waals surface area contributed by atoms with Crippen LogP contribution in [0.2, 0.25) is 0 Å². The Morgan fingerprint density at radius 1 is 1.03 bits per heavy atom. The smallest absolute Gasteiger partial charge is 0.264 e. The number of hydrogen-bond acceptors (Lipinski definition) is 7. The molecule has 0 unspecified atom stereocenters. The number of hydrogen-bond donors (Lipinski definition) is 3. The van der Waals surface area contributed by atoms with Crippen molar-refractivity contribution in [2.75, 3.05) is 17.1 Å². The molecule has 0 aliphatic rings. The maximum Gasteiger partial charge on any atom is 0.264 e. The van der Waals surface area contributed by atoms with Gasteiger partial charge in [-0.2, -0.15) is 0 Å². The summed E-state index contributed by atoms with van der Waals surface area (Å²) in [5.41, 5.74) is 2.90. The molecule has 3 aromatic rings. The number of methoxy groups -OCH3 is 1. The summed E-state index contributed by atoms with van der Waals surface area (Å²) in [6, 6.07) is 11.1. The standard InChI is InChI=1S/C22H22BrN5O4S2/c1-12-9-15(23)11-18(19(12)32-4)20(29)27-22(33)26-16-5-7-17(8-6-16)34(30,31)28-21-24-13(2)10-14(3)25-21/h5-11H,1-4H3,(H,24,25,28)(H2,26,27,29,33). The van der Waals surface area contributed by atoms with E-state index in [1.807, 2.05) is 13.0 Å². The van der Waals surface area contributed by atoms with E-state index in [0.29, 0.717) is 28.4 Å². The van der Waals surface area contributed by atoms with E-state index in [2.05, 4.69) is 41.3 Å². The van der Waals surface area contributed by atoms with Gasteiger partial charge in [-0.3, -0.25) is 10.1 Å². The number of sulfonamides is 1. The van der Waals surface area contributed by atoms with Gasteiger partial charge in [0.1, 0.15) is 5.75 Å². The molecular weight excluding hydrogens is 542 g/mol. The summed E-state index contributed by atoms with van der Waals surface area (Å²) in [6.07, 6.45) is 0. The highest BCUT2D eigenvalue weighted by atomic mass is 79.9. The molecule has 1 heterocycles. The van der Waals surface area contributed by atoms with Crippen molar-refractivity contribution in [2.24, 2.45) is 0 Å². The van der Waals surface area contributed by atoms with E-state index in [-0.39, 0.29) is 16.0 Å². The number of halogens is 1. The first-order chi connectivity index (χ1) is 16.0. The average molecular weight is 564 g/mol. The van der Waals surface area contributed by atoms with Gasteiger partial charge in [0.05, 0.1) is 17.6 Å². The zero-order valence-electron chi connectivity index (χ0n) is 18.8. The Morgan fingerprint density at radius 2 is 1.65 bits per heavy atom. The van der Waals surface area contributed by atoms with Gasteiger partial charge in [-0.25, -0.2) is 23.1 Å². The normalized spacial score (nSPS) is 11.0. The summed E-state index contributed by atoms with van der Waals surface area (Å²) in [4.78, 5) is 20.9. The third-order valence-corrected chi connectivity index (χ3v) is 6.55. The first-order valence-electron chi connectivity index (χ1n) is 9.90. The van der Waals surface area contributed by atoms with E-state index < -0.39 is 15.9 Å². The number of carbonyl (C=O) groups excluding carboxylic acids is 1. The molecule has 0 aliphatic carbocycles. The summed E-state index contributed by atoms with van der Waals surface area (Å²) in [5, 5.41) is 5.50. The summed E-state index contributed by atoms with van der Waals surface area (Å²) < 4.78 is 33.8. The minimum Gasteiger partial charge on any atom is -0.496 e. The molecule has 12 heteroatoms. The number of nitrogens with zero attached hydrogens (tertiary/aromatic N) is 2. The quantitative estimate of drug-likeness (QED) is 0.383. The number of rotatable bonds is 6. The molecular formula is C22H22BrN5O4S2. The Labute approximate surface area is 211 Å². The van der Waals surface area contributed by atoms with Crippen LogP contribution in [0.1, 0.15) is 27.3 Å². The lowest BCUT2D eigenvalue weighted by Gasteiger charge is -2.14. The van der Waals surface area contributed by atoms with Gasteiger partial charge >= 0.3 is 0 Å². The summed E-state index contributed by atoms with van der Waals surface area (Å²) in [5.74, 6) is -0.00394. The summed E-state index contributed by atoms with van der Waals surface area (Å²) in [6.45, 7) is 5.33. The number of benzene rings is 2. The van der Waals surface area contributed by atoms with Crippen LogP contribution in [0.5, 0.6) is 5.75 Å². The molecule has 0 atom stereocenters. The minimum absolute atomic E-state index is 0.00167. The monoisotopic (exact) mass is 563 g/mol.